The van der Waals surface area contributed by atoms with Crippen molar-refractivity contribution >= 4 is 83.0 Å². The van der Waals surface area contributed by atoms with Crippen LogP contribution in [0.1, 0.15) is 17.7 Å². The zero-order chi connectivity index (χ0) is 33.9. The van der Waals surface area contributed by atoms with Crippen LogP contribution in [0.5, 0.6) is 0 Å². The van der Waals surface area contributed by atoms with Crippen molar-refractivity contribution in [2.45, 2.75) is 6.42 Å². The highest BCUT2D eigenvalue weighted by atomic mass is 15.0. The Bertz CT molecular complexity index is 3310. The number of hydrogen-bond donors (Lipinski definition) is 0. The summed E-state index contributed by atoms with van der Waals surface area (Å²) in [6, 6.07) is 56.0. The summed E-state index contributed by atoms with van der Waals surface area (Å²) in [5, 5.41) is 9.02. The zero-order valence-electron chi connectivity index (χ0n) is 28.3. The molecule has 4 heterocycles. The first-order chi connectivity index (χ1) is 25.8. The molecule has 3 heteroatoms. The molecule has 1 aliphatic carbocycles. The molecule has 0 aliphatic heterocycles. The van der Waals surface area contributed by atoms with Gasteiger partial charge in [-0.3, -0.25) is 0 Å². The van der Waals surface area contributed by atoms with Crippen LogP contribution in [0.2, 0.25) is 0 Å². The van der Waals surface area contributed by atoms with Gasteiger partial charge >= 0.3 is 0 Å². The van der Waals surface area contributed by atoms with Gasteiger partial charge in [0.15, 0.2) is 0 Å². The van der Waals surface area contributed by atoms with Gasteiger partial charge in [-0.25, -0.2) is 0 Å². The second kappa shape index (κ2) is 10.3. The quantitative estimate of drug-likeness (QED) is 0.179. The van der Waals surface area contributed by atoms with Gasteiger partial charge in [-0.15, -0.1) is 0 Å². The van der Waals surface area contributed by atoms with E-state index in [1.54, 1.807) is 0 Å². The number of fused-ring (bicyclic) bond motifs is 12. The molecule has 52 heavy (non-hydrogen) atoms. The molecular weight excluding hydrogens is 631 g/mol. The molecule has 0 spiro atoms. The van der Waals surface area contributed by atoms with Crippen LogP contribution in [0.3, 0.4) is 0 Å². The third-order valence-electron chi connectivity index (χ3n) is 11.4. The van der Waals surface area contributed by atoms with Gasteiger partial charge in [0.2, 0.25) is 0 Å². The van der Waals surface area contributed by atoms with Crippen molar-refractivity contribution in [3.05, 3.63) is 175 Å². The van der Waals surface area contributed by atoms with E-state index in [0.29, 0.717) is 0 Å². The number of aromatic nitrogens is 3. The SMILES string of the molecule is C1=Cc2c(n(-c3ccc4c5cccc6c7ccccc7n(c4c3)c65)c3ccc(-c4ccc5c(c4)c4ccccc4n5-c4ccccc4)cc23)C=CC1. The third kappa shape index (κ3) is 3.69. The lowest BCUT2D eigenvalue weighted by atomic mass is 10.00. The van der Waals surface area contributed by atoms with Crippen LogP contribution in [-0.2, 0) is 0 Å². The summed E-state index contributed by atoms with van der Waals surface area (Å²) >= 11 is 0. The smallest absolute Gasteiger partial charge is 0.0620 e. The van der Waals surface area contributed by atoms with Crippen molar-refractivity contribution in [1.82, 2.24) is 13.5 Å². The molecular formula is C49H31N3. The molecule has 4 aromatic heterocycles. The minimum absolute atomic E-state index is 0.921. The van der Waals surface area contributed by atoms with Crippen LogP contribution in [0.25, 0.3) is 105 Å². The monoisotopic (exact) mass is 661 g/mol. The summed E-state index contributed by atoms with van der Waals surface area (Å²) in [7, 11) is 0. The predicted molar refractivity (Wildman–Crippen MR) is 220 cm³/mol. The Hall–Kier alpha value is -6.84. The van der Waals surface area contributed by atoms with Crippen LogP contribution in [0, 0.1) is 0 Å². The average molecular weight is 662 g/mol. The first-order valence-corrected chi connectivity index (χ1v) is 18.1. The molecule has 0 unspecified atom stereocenters. The molecule has 11 aromatic rings. The van der Waals surface area contributed by atoms with Crippen LogP contribution in [-0.4, -0.2) is 13.5 Å². The van der Waals surface area contributed by atoms with Crippen molar-refractivity contribution in [1.29, 1.82) is 0 Å². The van der Waals surface area contributed by atoms with E-state index in [0.717, 1.165) is 6.42 Å². The van der Waals surface area contributed by atoms with E-state index in [4.69, 9.17) is 0 Å². The molecule has 0 saturated heterocycles. The highest BCUT2D eigenvalue weighted by molar-refractivity contribution is 6.23. The lowest BCUT2D eigenvalue weighted by Gasteiger charge is -2.11. The van der Waals surface area contributed by atoms with E-state index in [-0.39, 0.29) is 0 Å². The van der Waals surface area contributed by atoms with Gasteiger partial charge in [0.25, 0.3) is 0 Å². The zero-order valence-corrected chi connectivity index (χ0v) is 28.3. The fourth-order valence-corrected chi connectivity index (χ4v) is 9.14. The molecule has 0 amide bonds. The lowest BCUT2D eigenvalue weighted by molar-refractivity contribution is 1.11. The molecule has 0 N–H and O–H groups in total. The van der Waals surface area contributed by atoms with Crippen molar-refractivity contribution < 1.29 is 0 Å². The van der Waals surface area contributed by atoms with E-state index in [2.05, 4.69) is 189 Å². The molecule has 1 aliphatic rings. The van der Waals surface area contributed by atoms with Crippen molar-refractivity contribution in [3.63, 3.8) is 0 Å². The molecule has 0 saturated carbocycles. The molecule has 0 radical (unpaired) electrons. The van der Waals surface area contributed by atoms with E-state index in [1.807, 2.05) is 0 Å². The van der Waals surface area contributed by atoms with Crippen LogP contribution in [0.4, 0.5) is 0 Å². The van der Waals surface area contributed by atoms with Gasteiger partial charge in [-0.05, 0) is 84.3 Å². The van der Waals surface area contributed by atoms with Crippen molar-refractivity contribution in [3.8, 4) is 22.5 Å². The van der Waals surface area contributed by atoms with E-state index in [9.17, 15) is 0 Å². The van der Waals surface area contributed by atoms with Crippen molar-refractivity contribution in [2.75, 3.05) is 0 Å². The predicted octanol–water partition coefficient (Wildman–Crippen LogP) is 13.0. The summed E-state index contributed by atoms with van der Waals surface area (Å²) in [5.74, 6) is 0. The second-order valence-corrected chi connectivity index (χ2v) is 14.1. The Morgan fingerprint density at radius 2 is 0.981 bits per heavy atom. The minimum Gasteiger partial charge on any atom is -0.309 e. The molecule has 0 bridgehead atoms. The Morgan fingerprint density at radius 3 is 1.79 bits per heavy atom. The van der Waals surface area contributed by atoms with E-state index < -0.39 is 0 Å². The largest absolute Gasteiger partial charge is 0.309 e. The van der Waals surface area contributed by atoms with Gasteiger partial charge in [0.1, 0.15) is 0 Å². The second-order valence-electron chi connectivity index (χ2n) is 14.1. The van der Waals surface area contributed by atoms with Gasteiger partial charge in [-0.2, -0.15) is 0 Å². The van der Waals surface area contributed by atoms with Gasteiger partial charge < -0.3 is 13.5 Å². The summed E-state index contributed by atoms with van der Waals surface area (Å²) in [5.41, 5.74) is 14.7. The molecule has 0 fully saturated rings. The number of rotatable bonds is 3. The van der Waals surface area contributed by atoms with Gasteiger partial charge in [-0.1, -0.05) is 109 Å². The number of para-hydroxylation sites is 4. The highest BCUT2D eigenvalue weighted by Gasteiger charge is 2.21. The first-order valence-electron chi connectivity index (χ1n) is 18.1. The number of nitrogens with zero attached hydrogens (tertiary/aromatic N) is 3. The maximum atomic E-state index is 2.47. The minimum atomic E-state index is 0.921. The normalized spacial score (nSPS) is 13.2. The highest BCUT2D eigenvalue weighted by Crippen LogP contribution is 2.42. The molecule has 7 aromatic carbocycles. The Morgan fingerprint density at radius 1 is 0.365 bits per heavy atom. The maximum absolute atomic E-state index is 2.47. The summed E-state index contributed by atoms with van der Waals surface area (Å²) in [4.78, 5) is 0. The first kappa shape index (κ1) is 27.9. The number of allylic oxidation sites excluding steroid dienone is 2. The van der Waals surface area contributed by atoms with Crippen LogP contribution >= 0.6 is 0 Å². The Balaban J connectivity index is 1.08. The molecule has 0 atom stereocenters. The molecule has 12 rings (SSSR count). The van der Waals surface area contributed by atoms with Crippen LogP contribution < -0.4 is 0 Å². The standard InChI is InChI=1S/C49H31N3/c1-3-12-33(13-4-1)50-43-20-9-8-16-37(43)41-28-31(22-26-46(41)50)32-23-27-47-42(29-32)36-14-5-2-6-19-44(36)51(47)34-24-25-38-40-18-11-17-39-35-15-7-10-21-45(35)52(49(39)40)48(38)30-34/h1,3-30H,2H2. The molecule has 3 nitrogen and oxygen atoms in total. The summed E-state index contributed by atoms with van der Waals surface area (Å²) < 4.78 is 7.32. The Labute approximate surface area is 299 Å². The molecule has 242 valence electrons. The fourth-order valence-electron chi connectivity index (χ4n) is 9.14. The van der Waals surface area contributed by atoms with E-state index >= 15 is 0 Å². The number of benzene rings is 7. The lowest BCUT2D eigenvalue weighted by Crippen LogP contribution is -1.97. The van der Waals surface area contributed by atoms with E-state index in [1.165, 1.54) is 105 Å². The van der Waals surface area contributed by atoms with Crippen molar-refractivity contribution in [2.24, 2.45) is 0 Å². The topological polar surface area (TPSA) is 14.3 Å². The van der Waals surface area contributed by atoms with Gasteiger partial charge in [0.05, 0.1) is 38.8 Å². The van der Waals surface area contributed by atoms with Crippen LogP contribution in [0.15, 0.2) is 164 Å². The summed E-state index contributed by atoms with van der Waals surface area (Å²) in [6.45, 7) is 0. The average Bonchev–Trinajstić information content (AvgIpc) is 3.86. The summed E-state index contributed by atoms with van der Waals surface area (Å²) in [6.07, 6.45) is 10.1. The number of hydrogen-bond acceptors (Lipinski definition) is 0. The third-order valence-corrected chi connectivity index (χ3v) is 11.4. The maximum Gasteiger partial charge on any atom is 0.0620 e. The van der Waals surface area contributed by atoms with Gasteiger partial charge in [0, 0.05) is 54.6 Å². The fraction of sp³-hybridized carbons (Fsp3) is 0.0204. The Kier molecular flexibility index (Phi) is 5.56.